The van der Waals surface area contributed by atoms with Crippen LogP contribution in [0.3, 0.4) is 0 Å². The number of hydrazone groups is 1. The van der Waals surface area contributed by atoms with Crippen molar-refractivity contribution in [3.63, 3.8) is 0 Å². The van der Waals surface area contributed by atoms with Gasteiger partial charge in [0.25, 0.3) is 5.91 Å². The maximum absolute atomic E-state index is 11.8. The first-order chi connectivity index (χ1) is 12.6. The number of anilines is 1. The van der Waals surface area contributed by atoms with Gasteiger partial charge in [0.05, 0.1) is 23.9 Å². The Labute approximate surface area is 164 Å². The summed E-state index contributed by atoms with van der Waals surface area (Å²) >= 11 is 9.33. The molecule has 0 aliphatic carbocycles. The molecule has 1 N–H and O–H groups in total. The van der Waals surface area contributed by atoms with E-state index >= 15 is 0 Å². The van der Waals surface area contributed by atoms with E-state index < -0.39 is 0 Å². The Morgan fingerprint density at radius 3 is 2.96 bits per heavy atom. The first kappa shape index (κ1) is 18.8. The summed E-state index contributed by atoms with van der Waals surface area (Å²) in [6, 6.07) is 8.62. The quantitative estimate of drug-likeness (QED) is 0.550. The fourth-order valence-corrected chi connectivity index (χ4v) is 3.07. The smallest absolute Gasteiger partial charge is 0.277 e. The van der Waals surface area contributed by atoms with Crippen molar-refractivity contribution in [3.05, 3.63) is 45.6 Å². The molecule has 7 nitrogen and oxygen atoms in total. The van der Waals surface area contributed by atoms with Gasteiger partial charge in [0.15, 0.2) is 12.4 Å². The molecule has 1 fully saturated rings. The average Bonchev–Trinajstić information content (AvgIpc) is 3.01. The molecule has 1 aliphatic heterocycles. The number of furan rings is 1. The minimum absolute atomic E-state index is 0.168. The van der Waals surface area contributed by atoms with Crippen molar-refractivity contribution < 1.29 is 18.7 Å². The zero-order valence-electron chi connectivity index (χ0n) is 13.8. The fourth-order valence-electron chi connectivity index (χ4n) is 2.33. The lowest BCUT2D eigenvalue weighted by molar-refractivity contribution is -0.123. The summed E-state index contributed by atoms with van der Waals surface area (Å²) in [5, 5.41) is 4.42. The predicted molar refractivity (Wildman–Crippen MR) is 102 cm³/mol. The maximum Gasteiger partial charge on any atom is 0.277 e. The van der Waals surface area contributed by atoms with Crippen LogP contribution in [-0.2, 0) is 9.53 Å². The SMILES string of the molecule is O=C(COc1cccc(Cl)c1)N/N=C/c1cc(Br)c(N2CCOCC2)o1. The molecule has 0 saturated carbocycles. The number of hydrogen-bond donors (Lipinski definition) is 1. The van der Waals surface area contributed by atoms with Crippen LogP contribution in [0.5, 0.6) is 5.75 Å². The highest BCUT2D eigenvalue weighted by Gasteiger charge is 2.18. The van der Waals surface area contributed by atoms with Gasteiger partial charge in [0.2, 0.25) is 5.88 Å². The van der Waals surface area contributed by atoms with Crippen LogP contribution in [-0.4, -0.2) is 45.0 Å². The number of rotatable bonds is 6. The van der Waals surface area contributed by atoms with Crippen LogP contribution >= 0.6 is 27.5 Å². The van der Waals surface area contributed by atoms with Gasteiger partial charge in [-0.05, 0) is 34.1 Å². The molecule has 2 aromatic rings. The van der Waals surface area contributed by atoms with Crippen molar-refractivity contribution in [2.24, 2.45) is 5.10 Å². The Hall–Kier alpha value is -2.03. The second-order valence-corrected chi connectivity index (χ2v) is 6.73. The molecular formula is C17H17BrClN3O4. The molecule has 0 radical (unpaired) electrons. The van der Waals surface area contributed by atoms with E-state index in [1.54, 1.807) is 30.3 Å². The van der Waals surface area contributed by atoms with Gasteiger partial charge >= 0.3 is 0 Å². The third-order valence-corrected chi connectivity index (χ3v) is 4.34. The van der Waals surface area contributed by atoms with Gasteiger partial charge in [-0.2, -0.15) is 5.10 Å². The zero-order chi connectivity index (χ0) is 18.4. The van der Waals surface area contributed by atoms with Gasteiger partial charge in [-0.25, -0.2) is 5.43 Å². The van der Waals surface area contributed by atoms with Crippen molar-refractivity contribution in [1.82, 2.24) is 5.43 Å². The molecule has 3 rings (SSSR count). The normalized spacial score (nSPS) is 14.6. The second kappa shape index (κ2) is 9.07. The topological polar surface area (TPSA) is 76.3 Å². The van der Waals surface area contributed by atoms with Gasteiger partial charge in [-0.1, -0.05) is 17.7 Å². The average molecular weight is 443 g/mol. The largest absolute Gasteiger partial charge is 0.484 e. The van der Waals surface area contributed by atoms with Crippen LogP contribution in [0.25, 0.3) is 0 Å². The molecule has 26 heavy (non-hydrogen) atoms. The Kier molecular flexibility index (Phi) is 6.54. The summed E-state index contributed by atoms with van der Waals surface area (Å²) in [4.78, 5) is 13.9. The lowest BCUT2D eigenvalue weighted by Crippen LogP contribution is -2.36. The second-order valence-electron chi connectivity index (χ2n) is 5.44. The molecule has 1 saturated heterocycles. The number of nitrogens with one attached hydrogen (secondary N) is 1. The standard InChI is InChI=1S/C17H17BrClN3O4/c18-15-9-14(26-17(15)22-4-6-24-7-5-22)10-20-21-16(23)11-25-13-3-1-2-12(19)8-13/h1-3,8-10H,4-7,11H2,(H,21,23)/b20-10+. The minimum Gasteiger partial charge on any atom is -0.484 e. The Bertz CT molecular complexity index is 790. The molecule has 9 heteroatoms. The summed E-state index contributed by atoms with van der Waals surface area (Å²) in [5.74, 6) is 1.38. The monoisotopic (exact) mass is 441 g/mol. The van der Waals surface area contributed by atoms with Crippen molar-refractivity contribution in [2.75, 3.05) is 37.8 Å². The van der Waals surface area contributed by atoms with Crippen LogP contribution in [0.1, 0.15) is 5.76 Å². The minimum atomic E-state index is -0.389. The number of benzene rings is 1. The third kappa shape index (κ3) is 5.23. The van der Waals surface area contributed by atoms with E-state index in [9.17, 15) is 4.79 Å². The third-order valence-electron chi connectivity index (χ3n) is 3.53. The van der Waals surface area contributed by atoms with Crippen LogP contribution in [0.15, 0.2) is 44.3 Å². The van der Waals surface area contributed by atoms with Crippen LogP contribution in [0.2, 0.25) is 5.02 Å². The molecule has 1 aliphatic rings. The van der Waals surface area contributed by atoms with Crippen molar-refractivity contribution >= 4 is 45.5 Å². The zero-order valence-corrected chi connectivity index (χ0v) is 16.1. The van der Waals surface area contributed by atoms with Crippen LogP contribution in [0.4, 0.5) is 5.88 Å². The molecule has 0 bridgehead atoms. The highest BCUT2D eigenvalue weighted by molar-refractivity contribution is 9.10. The van der Waals surface area contributed by atoms with E-state index in [2.05, 4.69) is 31.4 Å². The summed E-state index contributed by atoms with van der Waals surface area (Å²) in [6.07, 6.45) is 1.44. The van der Waals surface area contributed by atoms with Gasteiger partial charge in [-0.3, -0.25) is 4.79 Å². The number of ether oxygens (including phenoxy) is 2. The Morgan fingerprint density at radius 2 is 2.19 bits per heavy atom. The number of carbonyl (C=O) groups excluding carboxylic acids is 1. The molecular weight excluding hydrogens is 426 g/mol. The molecule has 2 heterocycles. The molecule has 1 amide bonds. The van der Waals surface area contributed by atoms with Crippen molar-refractivity contribution in [3.8, 4) is 5.75 Å². The van der Waals surface area contributed by atoms with Crippen molar-refractivity contribution in [1.29, 1.82) is 0 Å². The maximum atomic E-state index is 11.8. The first-order valence-corrected chi connectivity index (χ1v) is 9.11. The van der Waals surface area contributed by atoms with Gasteiger partial charge in [-0.15, -0.1) is 0 Å². The number of morpholine rings is 1. The highest BCUT2D eigenvalue weighted by atomic mass is 79.9. The number of halogens is 2. The lowest BCUT2D eigenvalue weighted by Gasteiger charge is -2.26. The Balaban J connectivity index is 1.49. The van der Waals surface area contributed by atoms with Crippen molar-refractivity contribution in [2.45, 2.75) is 0 Å². The highest BCUT2D eigenvalue weighted by Crippen LogP contribution is 2.30. The number of hydrogen-bond acceptors (Lipinski definition) is 6. The summed E-state index contributed by atoms with van der Waals surface area (Å²) < 4.78 is 17.2. The number of nitrogens with zero attached hydrogens (tertiary/aromatic N) is 2. The van der Waals surface area contributed by atoms with Crippen LogP contribution < -0.4 is 15.1 Å². The number of amides is 1. The van der Waals surface area contributed by atoms with Gasteiger partial charge < -0.3 is 18.8 Å². The van der Waals surface area contributed by atoms with E-state index in [0.717, 1.165) is 23.4 Å². The molecule has 0 unspecified atom stereocenters. The van der Waals surface area contributed by atoms with E-state index in [1.165, 1.54) is 6.21 Å². The summed E-state index contributed by atoms with van der Waals surface area (Å²) in [7, 11) is 0. The molecule has 1 aromatic carbocycles. The Morgan fingerprint density at radius 1 is 1.38 bits per heavy atom. The van der Waals surface area contributed by atoms with Gasteiger partial charge in [0, 0.05) is 24.2 Å². The fraction of sp³-hybridized carbons (Fsp3) is 0.294. The predicted octanol–water partition coefficient (Wildman–Crippen LogP) is 3.06. The molecule has 1 aromatic heterocycles. The van der Waals surface area contributed by atoms with Crippen LogP contribution in [0, 0.1) is 0 Å². The van der Waals surface area contributed by atoms with E-state index in [1.807, 2.05) is 0 Å². The van der Waals surface area contributed by atoms with E-state index in [-0.39, 0.29) is 12.5 Å². The first-order valence-electron chi connectivity index (χ1n) is 7.94. The molecule has 0 spiro atoms. The van der Waals surface area contributed by atoms with E-state index in [4.69, 9.17) is 25.5 Å². The molecule has 138 valence electrons. The van der Waals surface area contributed by atoms with E-state index in [0.29, 0.717) is 29.7 Å². The number of carbonyl (C=O) groups is 1. The summed E-state index contributed by atoms with van der Waals surface area (Å²) in [6.45, 7) is 2.69. The lowest BCUT2D eigenvalue weighted by atomic mass is 10.3. The summed E-state index contributed by atoms with van der Waals surface area (Å²) in [5.41, 5.74) is 2.39. The molecule has 0 atom stereocenters. The van der Waals surface area contributed by atoms with Gasteiger partial charge in [0.1, 0.15) is 5.75 Å².